The molecule has 0 amide bonds. The van der Waals surface area contributed by atoms with E-state index < -0.39 is 5.85 Å². The fraction of sp³-hybridized carbons (Fsp3) is 0.500. The molecule has 1 heterocycles. The minimum absolute atomic E-state index is 0.163. The Labute approximate surface area is 78.3 Å². The summed E-state index contributed by atoms with van der Waals surface area (Å²) >= 11 is 1.55. The van der Waals surface area contributed by atoms with Crippen LogP contribution in [0.4, 0.5) is 4.39 Å². The molecule has 1 atom stereocenters. The van der Waals surface area contributed by atoms with Crippen molar-refractivity contribution in [3.05, 3.63) is 18.7 Å². The van der Waals surface area contributed by atoms with E-state index in [4.69, 9.17) is 0 Å². The van der Waals surface area contributed by atoms with E-state index in [0.717, 1.165) is 0 Å². The van der Waals surface area contributed by atoms with Crippen molar-refractivity contribution in [1.29, 1.82) is 0 Å². The Balaban J connectivity index is 2.56. The zero-order valence-corrected chi connectivity index (χ0v) is 8.16. The molecule has 0 aromatic carbocycles. The second-order valence-corrected chi connectivity index (χ2v) is 2.85. The topological polar surface area (TPSA) is 27.1 Å². The van der Waals surface area contributed by atoms with Crippen LogP contribution >= 0.6 is 23.0 Å². The first-order chi connectivity index (χ1) is 5.14. The number of imidazole rings is 1. The van der Waals surface area contributed by atoms with Crippen LogP contribution in [0.2, 0.25) is 0 Å². The van der Waals surface area contributed by atoms with Gasteiger partial charge in [-0.3, -0.25) is 3.07 Å². The highest BCUT2D eigenvalue weighted by molar-refractivity contribution is 14.1. The molecule has 62 valence electrons. The monoisotopic (exact) mass is 270 g/mol. The summed E-state index contributed by atoms with van der Waals surface area (Å²) in [6.45, 7) is 1.54. The van der Waals surface area contributed by atoms with Crippen molar-refractivity contribution < 1.29 is 7.46 Å². The van der Waals surface area contributed by atoms with Gasteiger partial charge >= 0.3 is 0 Å². The SMILES string of the molecule is CC(F)(Cn1ccnc1)OI. The van der Waals surface area contributed by atoms with E-state index >= 15 is 0 Å². The third-order valence-corrected chi connectivity index (χ3v) is 2.10. The number of aromatic nitrogens is 2. The maximum absolute atomic E-state index is 13.1. The minimum atomic E-state index is -1.62. The number of nitrogens with zero attached hydrogens (tertiary/aromatic N) is 2. The van der Waals surface area contributed by atoms with Gasteiger partial charge in [0.15, 0.2) is 0 Å². The first kappa shape index (κ1) is 8.92. The molecule has 0 aliphatic heterocycles. The number of alkyl halides is 1. The number of rotatable bonds is 3. The van der Waals surface area contributed by atoms with Crippen molar-refractivity contribution in [2.24, 2.45) is 0 Å². The van der Waals surface area contributed by atoms with Crippen molar-refractivity contribution >= 4 is 23.0 Å². The van der Waals surface area contributed by atoms with Gasteiger partial charge in [0.05, 0.1) is 12.9 Å². The van der Waals surface area contributed by atoms with E-state index in [1.165, 1.54) is 6.92 Å². The second-order valence-electron chi connectivity index (χ2n) is 2.41. The predicted octanol–water partition coefficient (Wildman–Crippen LogP) is 1.94. The van der Waals surface area contributed by atoms with Crippen LogP contribution in [0.5, 0.6) is 0 Å². The Morgan fingerprint density at radius 1 is 1.82 bits per heavy atom. The molecule has 0 aliphatic carbocycles. The van der Waals surface area contributed by atoms with Crippen molar-refractivity contribution in [2.45, 2.75) is 19.3 Å². The first-order valence-electron chi connectivity index (χ1n) is 3.08. The Morgan fingerprint density at radius 3 is 3.00 bits per heavy atom. The maximum Gasteiger partial charge on any atom is 0.234 e. The number of hydrogen-bond acceptors (Lipinski definition) is 2. The van der Waals surface area contributed by atoms with Crippen LogP contribution in [0, 0.1) is 0 Å². The van der Waals surface area contributed by atoms with Gasteiger partial charge in [0.2, 0.25) is 5.85 Å². The number of hydrogen-bond donors (Lipinski definition) is 0. The van der Waals surface area contributed by atoms with Crippen molar-refractivity contribution in [2.75, 3.05) is 0 Å². The standard InChI is InChI=1S/C6H8FIN2O/c1-6(7,11-8)4-10-3-2-9-5-10/h2-3,5H,4H2,1H3. The molecule has 3 nitrogen and oxygen atoms in total. The molecule has 5 heteroatoms. The van der Waals surface area contributed by atoms with Crippen LogP contribution in [0.1, 0.15) is 6.92 Å². The van der Waals surface area contributed by atoms with Gasteiger partial charge in [-0.25, -0.2) is 9.37 Å². The largest absolute Gasteiger partial charge is 0.332 e. The summed E-state index contributed by atoms with van der Waals surface area (Å²) in [5.41, 5.74) is 0. The van der Waals surface area contributed by atoms with Gasteiger partial charge in [-0.1, -0.05) is 0 Å². The van der Waals surface area contributed by atoms with Crippen LogP contribution in [0.3, 0.4) is 0 Å². The van der Waals surface area contributed by atoms with Crippen LogP contribution in [0.25, 0.3) is 0 Å². The maximum atomic E-state index is 13.1. The highest BCUT2D eigenvalue weighted by Gasteiger charge is 2.23. The molecule has 1 aromatic rings. The first-order valence-corrected chi connectivity index (χ1v) is 3.96. The molecule has 0 spiro atoms. The summed E-state index contributed by atoms with van der Waals surface area (Å²) in [5.74, 6) is -1.62. The van der Waals surface area contributed by atoms with Crippen LogP contribution in [-0.2, 0) is 9.61 Å². The van der Waals surface area contributed by atoms with Crippen LogP contribution in [0.15, 0.2) is 18.7 Å². The van der Waals surface area contributed by atoms with Gasteiger partial charge in [-0.05, 0) is 6.92 Å². The molecular formula is C6H8FIN2O. The lowest BCUT2D eigenvalue weighted by molar-refractivity contribution is -0.0219. The molecule has 0 saturated heterocycles. The van der Waals surface area contributed by atoms with Gasteiger partial charge in [-0.15, -0.1) is 0 Å². The second kappa shape index (κ2) is 3.48. The molecular weight excluding hydrogens is 262 g/mol. The predicted molar refractivity (Wildman–Crippen MR) is 46.8 cm³/mol. The Morgan fingerprint density at radius 2 is 2.55 bits per heavy atom. The summed E-state index contributed by atoms with van der Waals surface area (Å²) in [7, 11) is 0. The molecule has 1 rings (SSSR count). The molecule has 11 heavy (non-hydrogen) atoms. The van der Waals surface area contributed by atoms with E-state index in [1.54, 1.807) is 46.3 Å². The van der Waals surface area contributed by atoms with E-state index in [9.17, 15) is 4.39 Å². The van der Waals surface area contributed by atoms with Crippen LogP contribution < -0.4 is 0 Å². The third-order valence-electron chi connectivity index (χ3n) is 1.19. The average molecular weight is 270 g/mol. The van der Waals surface area contributed by atoms with Crippen molar-refractivity contribution in [3.63, 3.8) is 0 Å². The highest BCUT2D eigenvalue weighted by atomic mass is 127. The molecule has 0 N–H and O–H groups in total. The fourth-order valence-corrected chi connectivity index (χ4v) is 0.870. The molecule has 0 saturated carbocycles. The molecule has 0 fully saturated rings. The van der Waals surface area contributed by atoms with Crippen molar-refractivity contribution in [1.82, 2.24) is 9.55 Å². The van der Waals surface area contributed by atoms with E-state index in [0.29, 0.717) is 0 Å². The van der Waals surface area contributed by atoms with E-state index in [2.05, 4.69) is 8.05 Å². The van der Waals surface area contributed by atoms with Gasteiger partial charge in [-0.2, -0.15) is 0 Å². The third kappa shape index (κ3) is 2.74. The zero-order chi connectivity index (χ0) is 8.32. The summed E-state index contributed by atoms with van der Waals surface area (Å²) in [4.78, 5) is 3.78. The van der Waals surface area contributed by atoms with Gasteiger partial charge < -0.3 is 4.57 Å². The molecule has 1 aromatic heterocycles. The zero-order valence-electron chi connectivity index (χ0n) is 6.00. The average Bonchev–Trinajstić information content (AvgIpc) is 2.39. The van der Waals surface area contributed by atoms with Gasteiger partial charge in [0.1, 0.15) is 23.0 Å². The van der Waals surface area contributed by atoms with Crippen LogP contribution in [-0.4, -0.2) is 15.4 Å². The summed E-state index contributed by atoms with van der Waals surface area (Å²) < 4.78 is 19.3. The lowest BCUT2D eigenvalue weighted by atomic mass is 10.3. The lowest BCUT2D eigenvalue weighted by Crippen LogP contribution is -2.24. The van der Waals surface area contributed by atoms with Crippen molar-refractivity contribution in [3.8, 4) is 0 Å². The highest BCUT2D eigenvalue weighted by Crippen LogP contribution is 2.17. The summed E-state index contributed by atoms with van der Waals surface area (Å²) in [5, 5.41) is 0. The van der Waals surface area contributed by atoms with Gasteiger partial charge in [0.25, 0.3) is 0 Å². The molecule has 1 unspecified atom stereocenters. The minimum Gasteiger partial charge on any atom is -0.332 e. The Hall–Kier alpha value is -0.170. The molecule has 0 bridgehead atoms. The molecule has 0 aliphatic rings. The number of halogens is 2. The normalized spacial score (nSPS) is 16.3. The summed E-state index contributed by atoms with van der Waals surface area (Å²) in [6, 6.07) is 0. The lowest BCUT2D eigenvalue weighted by Gasteiger charge is -2.16. The van der Waals surface area contributed by atoms with Gasteiger partial charge in [0, 0.05) is 12.4 Å². The van der Waals surface area contributed by atoms with E-state index in [-0.39, 0.29) is 6.54 Å². The summed E-state index contributed by atoms with van der Waals surface area (Å²) in [6.07, 6.45) is 4.84. The van der Waals surface area contributed by atoms with E-state index in [1.807, 2.05) is 0 Å². The smallest absolute Gasteiger partial charge is 0.234 e. The Bertz CT molecular complexity index is 212. The quantitative estimate of drug-likeness (QED) is 0.785. The Kier molecular flexibility index (Phi) is 2.83. The molecule has 0 radical (unpaired) electrons. The fourth-order valence-electron chi connectivity index (χ4n) is 0.731.